The number of ether oxygens (including phenoxy) is 1. The number of amides is 1. The Morgan fingerprint density at radius 2 is 1.70 bits per heavy atom. The van der Waals surface area contributed by atoms with E-state index in [1.807, 2.05) is 60.7 Å². The number of esters is 1. The molecule has 1 aliphatic heterocycles. The van der Waals surface area contributed by atoms with Crippen molar-refractivity contribution in [1.29, 1.82) is 0 Å². The van der Waals surface area contributed by atoms with Crippen molar-refractivity contribution in [2.45, 2.75) is 25.9 Å². The van der Waals surface area contributed by atoms with Crippen LogP contribution in [0.4, 0.5) is 11.5 Å². The third-order valence-electron chi connectivity index (χ3n) is 5.44. The molecule has 0 N–H and O–H groups in total. The Bertz CT molecular complexity index is 1060. The summed E-state index contributed by atoms with van der Waals surface area (Å²) in [7, 11) is 1.68. The molecule has 1 unspecified atom stereocenters. The standard InChI is InChI=1S/C24H25N3O3/c1-17(23(28)26(2)19-11-4-3-5-12-19)30-24(29)20-16-18-10-6-7-13-21(18)25-22(20)27-14-8-9-15-27/h3-7,10-13,16-17H,8-9,14-15H2,1-2H3. The molecule has 6 nitrogen and oxygen atoms in total. The van der Waals surface area contributed by atoms with Gasteiger partial charge in [0.1, 0.15) is 11.4 Å². The van der Waals surface area contributed by atoms with E-state index in [0.717, 1.165) is 42.5 Å². The molecule has 6 heteroatoms. The first-order chi connectivity index (χ1) is 14.5. The summed E-state index contributed by atoms with van der Waals surface area (Å²) >= 11 is 0. The Kier molecular flexibility index (Phi) is 5.65. The molecule has 2 heterocycles. The van der Waals surface area contributed by atoms with Gasteiger partial charge in [0.05, 0.1) is 5.52 Å². The highest BCUT2D eigenvalue weighted by Gasteiger charge is 2.27. The Morgan fingerprint density at radius 3 is 2.43 bits per heavy atom. The average Bonchev–Trinajstić information content (AvgIpc) is 3.32. The molecule has 4 rings (SSSR count). The predicted molar refractivity (Wildman–Crippen MR) is 118 cm³/mol. The summed E-state index contributed by atoms with van der Waals surface area (Å²) in [6.45, 7) is 3.32. The van der Waals surface area contributed by atoms with Gasteiger partial charge in [0.15, 0.2) is 6.10 Å². The minimum Gasteiger partial charge on any atom is -0.449 e. The van der Waals surface area contributed by atoms with E-state index >= 15 is 0 Å². The lowest BCUT2D eigenvalue weighted by atomic mass is 10.1. The zero-order valence-electron chi connectivity index (χ0n) is 17.2. The molecule has 154 valence electrons. The molecule has 1 atom stereocenters. The van der Waals surface area contributed by atoms with Crippen LogP contribution in [0.5, 0.6) is 0 Å². The molecule has 0 bridgehead atoms. The first-order valence-electron chi connectivity index (χ1n) is 10.2. The number of aromatic nitrogens is 1. The van der Waals surface area contributed by atoms with E-state index in [4.69, 9.17) is 9.72 Å². The number of para-hydroxylation sites is 2. The molecule has 1 fully saturated rings. The van der Waals surface area contributed by atoms with E-state index in [0.29, 0.717) is 11.4 Å². The Morgan fingerprint density at radius 1 is 1.03 bits per heavy atom. The molecule has 0 spiro atoms. The second kappa shape index (κ2) is 8.53. The van der Waals surface area contributed by atoms with Crippen molar-refractivity contribution in [3.63, 3.8) is 0 Å². The number of pyridine rings is 1. The van der Waals surface area contributed by atoms with E-state index in [-0.39, 0.29) is 5.91 Å². The van der Waals surface area contributed by atoms with Crippen molar-refractivity contribution in [2.24, 2.45) is 0 Å². The van der Waals surface area contributed by atoms with Crippen molar-refractivity contribution in [3.8, 4) is 0 Å². The minimum absolute atomic E-state index is 0.286. The molecule has 2 aromatic carbocycles. The van der Waals surface area contributed by atoms with Crippen LogP contribution in [0.2, 0.25) is 0 Å². The van der Waals surface area contributed by atoms with Crippen molar-refractivity contribution < 1.29 is 14.3 Å². The first kappa shape index (κ1) is 19.9. The van der Waals surface area contributed by atoms with Crippen molar-refractivity contribution >= 4 is 34.3 Å². The van der Waals surface area contributed by atoms with Gasteiger partial charge in [0, 0.05) is 31.2 Å². The second-order valence-corrected chi connectivity index (χ2v) is 7.53. The lowest BCUT2D eigenvalue weighted by molar-refractivity contribution is -0.126. The first-order valence-corrected chi connectivity index (χ1v) is 10.2. The van der Waals surface area contributed by atoms with Crippen LogP contribution in [0.25, 0.3) is 10.9 Å². The Labute approximate surface area is 176 Å². The summed E-state index contributed by atoms with van der Waals surface area (Å²) in [4.78, 5) is 34.2. The largest absolute Gasteiger partial charge is 0.449 e. The number of fused-ring (bicyclic) bond motifs is 1. The Hall–Kier alpha value is -3.41. The zero-order chi connectivity index (χ0) is 21.1. The number of hydrogen-bond donors (Lipinski definition) is 0. The normalized spacial score (nSPS) is 14.5. The van der Waals surface area contributed by atoms with Gasteiger partial charge in [0.2, 0.25) is 0 Å². The number of likely N-dealkylation sites (N-methyl/N-ethyl adjacent to an activating group) is 1. The van der Waals surface area contributed by atoms with Crippen LogP contribution in [0, 0.1) is 0 Å². The van der Waals surface area contributed by atoms with Crippen LogP contribution in [0.1, 0.15) is 30.1 Å². The van der Waals surface area contributed by atoms with Crippen LogP contribution < -0.4 is 9.80 Å². The van der Waals surface area contributed by atoms with Crippen LogP contribution in [0.15, 0.2) is 60.7 Å². The maximum Gasteiger partial charge on any atom is 0.342 e. The highest BCUT2D eigenvalue weighted by Crippen LogP contribution is 2.27. The number of rotatable bonds is 5. The third kappa shape index (κ3) is 3.99. The number of benzene rings is 2. The molecular formula is C24H25N3O3. The highest BCUT2D eigenvalue weighted by atomic mass is 16.5. The fourth-order valence-corrected chi connectivity index (χ4v) is 3.75. The third-order valence-corrected chi connectivity index (χ3v) is 5.44. The number of carbonyl (C=O) groups is 2. The molecular weight excluding hydrogens is 378 g/mol. The summed E-state index contributed by atoms with van der Waals surface area (Å²) in [5.41, 5.74) is 1.98. The van der Waals surface area contributed by atoms with E-state index in [1.54, 1.807) is 14.0 Å². The number of hydrogen-bond acceptors (Lipinski definition) is 5. The zero-order valence-corrected chi connectivity index (χ0v) is 17.2. The van der Waals surface area contributed by atoms with Crippen LogP contribution in [0.3, 0.4) is 0 Å². The Balaban J connectivity index is 1.59. The average molecular weight is 403 g/mol. The van der Waals surface area contributed by atoms with Gasteiger partial charge in [-0.2, -0.15) is 0 Å². The van der Waals surface area contributed by atoms with Gasteiger partial charge < -0.3 is 14.5 Å². The van der Waals surface area contributed by atoms with Gasteiger partial charge in [0.25, 0.3) is 5.91 Å². The summed E-state index contributed by atoms with van der Waals surface area (Å²) in [5.74, 6) is -0.184. The molecule has 1 aromatic heterocycles. The van der Waals surface area contributed by atoms with Gasteiger partial charge in [-0.25, -0.2) is 9.78 Å². The van der Waals surface area contributed by atoms with Crippen molar-refractivity contribution in [3.05, 3.63) is 66.2 Å². The summed E-state index contributed by atoms with van der Waals surface area (Å²) in [6.07, 6.45) is 1.22. The van der Waals surface area contributed by atoms with Gasteiger partial charge in [-0.1, -0.05) is 36.4 Å². The molecule has 0 aliphatic carbocycles. The van der Waals surface area contributed by atoms with Crippen LogP contribution >= 0.6 is 0 Å². The van der Waals surface area contributed by atoms with E-state index in [2.05, 4.69) is 4.90 Å². The predicted octanol–water partition coefficient (Wildman–Crippen LogP) is 4.04. The summed E-state index contributed by atoms with van der Waals surface area (Å²) < 4.78 is 5.59. The number of nitrogens with zero attached hydrogens (tertiary/aromatic N) is 3. The molecule has 3 aromatic rings. The van der Waals surface area contributed by atoms with E-state index < -0.39 is 12.1 Å². The smallest absolute Gasteiger partial charge is 0.342 e. The lowest BCUT2D eigenvalue weighted by Crippen LogP contribution is -2.37. The number of anilines is 2. The van der Waals surface area contributed by atoms with Gasteiger partial charge >= 0.3 is 5.97 Å². The fourth-order valence-electron chi connectivity index (χ4n) is 3.75. The van der Waals surface area contributed by atoms with E-state index in [1.165, 1.54) is 4.90 Å². The van der Waals surface area contributed by atoms with Gasteiger partial charge in [-0.15, -0.1) is 0 Å². The summed E-state index contributed by atoms with van der Waals surface area (Å²) in [5, 5.41) is 0.868. The highest BCUT2D eigenvalue weighted by molar-refractivity contribution is 6.02. The maximum atomic E-state index is 13.1. The minimum atomic E-state index is -0.916. The molecule has 1 saturated heterocycles. The van der Waals surface area contributed by atoms with Gasteiger partial charge in [-0.3, -0.25) is 4.79 Å². The van der Waals surface area contributed by atoms with Crippen LogP contribution in [-0.4, -0.2) is 43.1 Å². The molecule has 30 heavy (non-hydrogen) atoms. The van der Waals surface area contributed by atoms with Crippen molar-refractivity contribution in [1.82, 2.24) is 4.98 Å². The quantitative estimate of drug-likeness (QED) is 0.602. The topological polar surface area (TPSA) is 62.7 Å². The molecule has 0 radical (unpaired) electrons. The summed E-state index contributed by atoms with van der Waals surface area (Å²) in [6, 6.07) is 18.8. The monoisotopic (exact) mass is 403 g/mol. The molecule has 1 aliphatic rings. The lowest BCUT2D eigenvalue weighted by Gasteiger charge is -2.23. The van der Waals surface area contributed by atoms with Crippen LogP contribution in [-0.2, 0) is 9.53 Å². The second-order valence-electron chi connectivity index (χ2n) is 7.53. The molecule has 0 saturated carbocycles. The van der Waals surface area contributed by atoms with Gasteiger partial charge in [-0.05, 0) is 44.0 Å². The molecule has 1 amide bonds. The fraction of sp³-hybridized carbons (Fsp3) is 0.292. The van der Waals surface area contributed by atoms with Crippen molar-refractivity contribution in [2.75, 3.05) is 29.9 Å². The number of carbonyl (C=O) groups excluding carboxylic acids is 2. The van der Waals surface area contributed by atoms with E-state index in [9.17, 15) is 9.59 Å². The SMILES string of the molecule is CC(OC(=O)c1cc2ccccc2nc1N1CCCC1)C(=O)N(C)c1ccccc1. The maximum absolute atomic E-state index is 13.1.